The molecule has 4 nitrogen and oxygen atoms in total. The van der Waals surface area contributed by atoms with Crippen molar-refractivity contribution in [2.24, 2.45) is 0 Å². The predicted molar refractivity (Wildman–Crippen MR) is 77.0 cm³/mol. The molecule has 1 heterocycles. The number of carbonyl (C=O) groups is 2. The Morgan fingerprint density at radius 2 is 1.84 bits per heavy atom. The molecule has 0 aliphatic carbocycles. The van der Waals surface area contributed by atoms with E-state index in [9.17, 15) is 9.59 Å². The van der Waals surface area contributed by atoms with E-state index in [2.05, 4.69) is 15.9 Å². The standard InChI is InChI=1S/C14H17BrN2O2/c15-8-4-5-9-16-11-13(18)17(14(16)19)10-12-6-2-1-3-7-12/h1-3,6-7H,4-5,8-11H2. The number of benzene rings is 1. The fraction of sp³-hybridized carbons (Fsp3) is 0.429. The van der Waals surface area contributed by atoms with Crippen molar-refractivity contribution in [3.05, 3.63) is 35.9 Å². The third kappa shape index (κ3) is 3.56. The largest absolute Gasteiger partial charge is 0.327 e. The van der Waals surface area contributed by atoms with Crippen LogP contribution in [0.3, 0.4) is 0 Å². The van der Waals surface area contributed by atoms with E-state index in [4.69, 9.17) is 0 Å². The SMILES string of the molecule is O=C1CN(CCCCBr)C(=O)N1Cc1ccccc1. The highest BCUT2D eigenvalue weighted by molar-refractivity contribution is 9.09. The topological polar surface area (TPSA) is 40.6 Å². The molecule has 0 unspecified atom stereocenters. The third-order valence-corrected chi connectivity index (χ3v) is 3.68. The highest BCUT2D eigenvalue weighted by Gasteiger charge is 2.35. The molecule has 0 spiro atoms. The van der Waals surface area contributed by atoms with Gasteiger partial charge in [-0.25, -0.2) is 4.79 Å². The minimum atomic E-state index is -0.163. The maximum atomic E-state index is 12.1. The third-order valence-electron chi connectivity index (χ3n) is 3.12. The van der Waals surface area contributed by atoms with E-state index in [0.717, 1.165) is 23.7 Å². The van der Waals surface area contributed by atoms with Gasteiger partial charge in [0.25, 0.3) is 5.91 Å². The zero-order valence-electron chi connectivity index (χ0n) is 10.7. The minimum Gasteiger partial charge on any atom is -0.315 e. The first-order chi connectivity index (χ1) is 9.22. The summed E-state index contributed by atoms with van der Waals surface area (Å²) in [6.45, 7) is 1.24. The van der Waals surface area contributed by atoms with Gasteiger partial charge in [0.1, 0.15) is 6.54 Å². The lowest BCUT2D eigenvalue weighted by atomic mass is 10.2. The molecule has 0 N–H and O–H groups in total. The van der Waals surface area contributed by atoms with Crippen LogP contribution in [0.2, 0.25) is 0 Å². The lowest BCUT2D eigenvalue weighted by Gasteiger charge is -2.16. The first-order valence-electron chi connectivity index (χ1n) is 6.41. The molecule has 0 saturated carbocycles. The second-order valence-electron chi connectivity index (χ2n) is 4.57. The molecule has 1 aromatic carbocycles. The zero-order chi connectivity index (χ0) is 13.7. The van der Waals surface area contributed by atoms with Crippen molar-refractivity contribution in [1.82, 2.24) is 9.80 Å². The van der Waals surface area contributed by atoms with E-state index < -0.39 is 0 Å². The van der Waals surface area contributed by atoms with Crippen LogP contribution in [0, 0.1) is 0 Å². The first-order valence-corrected chi connectivity index (χ1v) is 7.53. The number of imide groups is 1. The highest BCUT2D eigenvalue weighted by atomic mass is 79.9. The maximum Gasteiger partial charge on any atom is 0.327 e. The van der Waals surface area contributed by atoms with Crippen LogP contribution in [0.25, 0.3) is 0 Å². The molecule has 19 heavy (non-hydrogen) atoms. The lowest BCUT2D eigenvalue weighted by Crippen LogP contribution is -2.33. The first kappa shape index (κ1) is 14.1. The molecule has 1 aliphatic rings. The number of urea groups is 1. The Balaban J connectivity index is 1.95. The molecule has 0 radical (unpaired) electrons. The van der Waals surface area contributed by atoms with Crippen LogP contribution in [-0.4, -0.2) is 40.2 Å². The number of halogens is 1. The molecular formula is C14H17BrN2O2. The number of carbonyl (C=O) groups excluding carboxylic acids is 2. The summed E-state index contributed by atoms with van der Waals surface area (Å²) in [6.07, 6.45) is 1.93. The van der Waals surface area contributed by atoms with Gasteiger partial charge in [-0.15, -0.1) is 0 Å². The van der Waals surface area contributed by atoms with Crippen molar-refractivity contribution in [2.45, 2.75) is 19.4 Å². The Morgan fingerprint density at radius 3 is 2.53 bits per heavy atom. The number of alkyl halides is 1. The summed E-state index contributed by atoms with van der Waals surface area (Å²) in [4.78, 5) is 27.0. The smallest absolute Gasteiger partial charge is 0.315 e. The Kier molecular flexibility index (Phi) is 4.96. The molecule has 1 aromatic rings. The lowest BCUT2D eigenvalue weighted by molar-refractivity contribution is -0.125. The summed E-state index contributed by atoms with van der Waals surface area (Å²) < 4.78 is 0. The second-order valence-corrected chi connectivity index (χ2v) is 5.36. The molecular weight excluding hydrogens is 308 g/mol. The number of hydrogen-bond donors (Lipinski definition) is 0. The van der Waals surface area contributed by atoms with Crippen molar-refractivity contribution in [2.75, 3.05) is 18.4 Å². The fourth-order valence-corrected chi connectivity index (χ4v) is 2.48. The summed E-state index contributed by atoms with van der Waals surface area (Å²) in [7, 11) is 0. The maximum absolute atomic E-state index is 12.1. The van der Waals surface area contributed by atoms with Crippen LogP contribution in [0.4, 0.5) is 4.79 Å². The van der Waals surface area contributed by atoms with Gasteiger partial charge in [-0.05, 0) is 18.4 Å². The Labute approximate surface area is 121 Å². The quantitative estimate of drug-likeness (QED) is 0.458. The fourth-order valence-electron chi connectivity index (χ4n) is 2.09. The van der Waals surface area contributed by atoms with Gasteiger partial charge in [0.2, 0.25) is 0 Å². The van der Waals surface area contributed by atoms with Crippen LogP contribution < -0.4 is 0 Å². The molecule has 2 rings (SSSR count). The van der Waals surface area contributed by atoms with Crippen LogP contribution in [0.5, 0.6) is 0 Å². The molecule has 1 aliphatic heterocycles. The van der Waals surface area contributed by atoms with E-state index in [1.165, 1.54) is 4.90 Å². The number of hydrogen-bond acceptors (Lipinski definition) is 2. The molecule has 102 valence electrons. The van der Waals surface area contributed by atoms with E-state index in [0.29, 0.717) is 13.1 Å². The normalized spacial score (nSPS) is 15.4. The highest BCUT2D eigenvalue weighted by Crippen LogP contribution is 2.15. The van der Waals surface area contributed by atoms with Crippen LogP contribution in [-0.2, 0) is 11.3 Å². The zero-order valence-corrected chi connectivity index (χ0v) is 12.3. The number of amides is 3. The summed E-state index contributed by atoms with van der Waals surface area (Å²) in [5, 5.41) is 0.927. The average molecular weight is 325 g/mol. The van der Waals surface area contributed by atoms with Gasteiger partial charge in [0.15, 0.2) is 0 Å². The van der Waals surface area contributed by atoms with E-state index in [-0.39, 0.29) is 18.5 Å². The van der Waals surface area contributed by atoms with Crippen molar-refractivity contribution in [1.29, 1.82) is 0 Å². The Morgan fingerprint density at radius 1 is 1.11 bits per heavy atom. The molecule has 0 aromatic heterocycles. The number of unbranched alkanes of at least 4 members (excludes halogenated alkanes) is 1. The monoisotopic (exact) mass is 324 g/mol. The van der Waals surface area contributed by atoms with Gasteiger partial charge in [-0.2, -0.15) is 0 Å². The molecule has 5 heteroatoms. The van der Waals surface area contributed by atoms with Crippen molar-refractivity contribution < 1.29 is 9.59 Å². The summed E-state index contributed by atoms with van der Waals surface area (Å²) in [5.74, 6) is -0.104. The van der Waals surface area contributed by atoms with Gasteiger partial charge in [-0.1, -0.05) is 46.3 Å². The van der Waals surface area contributed by atoms with E-state index in [1.807, 2.05) is 30.3 Å². The van der Waals surface area contributed by atoms with E-state index in [1.54, 1.807) is 4.90 Å². The summed E-state index contributed by atoms with van der Waals surface area (Å²) in [5.41, 5.74) is 0.978. The molecule has 3 amide bonds. The van der Waals surface area contributed by atoms with Crippen LogP contribution >= 0.6 is 15.9 Å². The molecule has 1 fully saturated rings. The van der Waals surface area contributed by atoms with Gasteiger partial charge >= 0.3 is 6.03 Å². The Bertz CT molecular complexity index is 450. The predicted octanol–water partition coefficient (Wildman–Crippen LogP) is 2.63. The van der Waals surface area contributed by atoms with Crippen molar-refractivity contribution >= 4 is 27.9 Å². The summed E-state index contributed by atoms with van der Waals surface area (Å²) in [6, 6.07) is 9.43. The molecule has 0 atom stereocenters. The second kappa shape index (κ2) is 6.70. The molecule has 1 saturated heterocycles. The van der Waals surface area contributed by atoms with Crippen molar-refractivity contribution in [3.63, 3.8) is 0 Å². The van der Waals surface area contributed by atoms with Gasteiger partial charge in [0.05, 0.1) is 6.54 Å². The summed E-state index contributed by atoms with van der Waals surface area (Å²) >= 11 is 3.36. The Hall–Kier alpha value is -1.36. The van der Waals surface area contributed by atoms with Gasteiger partial charge in [-0.3, -0.25) is 9.69 Å². The van der Waals surface area contributed by atoms with Gasteiger partial charge in [0, 0.05) is 11.9 Å². The number of rotatable bonds is 6. The molecule has 0 bridgehead atoms. The van der Waals surface area contributed by atoms with E-state index >= 15 is 0 Å². The minimum absolute atomic E-state index is 0.104. The number of nitrogens with zero attached hydrogens (tertiary/aromatic N) is 2. The van der Waals surface area contributed by atoms with Crippen LogP contribution in [0.15, 0.2) is 30.3 Å². The van der Waals surface area contributed by atoms with Crippen LogP contribution in [0.1, 0.15) is 18.4 Å². The van der Waals surface area contributed by atoms with Crippen molar-refractivity contribution in [3.8, 4) is 0 Å². The average Bonchev–Trinajstić information content (AvgIpc) is 2.68. The van der Waals surface area contributed by atoms with Gasteiger partial charge < -0.3 is 4.90 Å².